The monoisotopic (exact) mass is 438 g/mol. The van der Waals surface area contributed by atoms with Gasteiger partial charge in [0, 0.05) is 17.4 Å². The van der Waals surface area contributed by atoms with Crippen molar-refractivity contribution in [3.63, 3.8) is 0 Å². The van der Waals surface area contributed by atoms with E-state index < -0.39 is 9.84 Å². The number of nitrogens with one attached hydrogen (secondary N) is 2. The van der Waals surface area contributed by atoms with E-state index in [1.807, 2.05) is 6.92 Å². The number of hydrogen-bond acceptors (Lipinski definition) is 6. The average molecular weight is 439 g/mol. The summed E-state index contributed by atoms with van der Waals surface area (Å²) < 4.78 is 36.7. The zero-order chi connectivity index (χ0) is 22.0. The van der Waals surface area contributed by atoms with Crippen LogP contribution in [0.25, 0.3) is 0 Å². The molecular weight excluding hydrogens is 416 g/mol. The Morgan fingerprint density at radius 3 is 2.48 bits per heavy atom. The van der Waals surface area contributed by atoms with Gasteiger partial charge < -0.3 is 20.1 Å². The van der Waals surface area contributed by atoms with Gasteiger partial charge in [0.05, 0.1) is 16.3 Å². The molecule has 0 fully saturated rings. The van der Waals surface area contributed by atoms with Gasteiger partial charge in [0.15, 0.2) is 11.5 Å². The van der Waals surface area contributed by atoms with Gasteiger partial charge >= 0.3 is 0 Å². The molecule has 8 heteroatoms. The molecule has 0 aliphatic carbocycles. The summed E-state index contributed by atoms with van der Waals surface area (Å²) in [7, 11) is -3.67. The lowest BCUT2D eigenvalue weighted by Crippen LogP contribution is -2.22. The van der Waals surface area contributed by atoms with E-state index in [1.54, 1.807) is 67.6 Å². The first-order chi connectivity index (χ1) is 14.8. The largest absolute Gasteiger partial charge is 0.454 e. The van der Waals surface area contributed by atoms with E-state index in [2.05, 4.69) is 10.6 Å². The molecule has 0 radical (unpaired) electrons. The van der Waals surface area contributed by atoms with Crippen LogP contribution < -0.4 is 20.1 Å². The topological polar surface area (TPSA) is 93.7 Å². The van der Waals surface area contributed by atoms with E-state index in [4.69, 9.17) is 9.47 Å². The first-order valence-electron chi connectivity index (χ1n) is 9.69. The minimum Gasteiger partial charge on any atom is -0.454 e. The number of aryl methyl sites for hydroxylation is 1. The Labute approximate surface area is 180 Å². The Balaban J connectivity index is 1.47. The summed E-state index contributed by atoms with van der Waals surface area (Å²) in [4.78, 5) is 12.8. The minimum absolute atomic E-state index is 0.0245. The summed E-state index contributed by atoms with van der Waals surface area (Å²) in [5.74, 6) is 0.944. The van der Waals surface area contributed by atoms with Gasteiger partial charge in [0.2, 0.25) is 22.5 Å². The highest BCUT2D eigenvalue weighted by Gasteiger charge is 2.21. The lowest BCUT2D eigenvalue weighted by atomic mass is 10.2. The number of sulfone groups is 1. The summed E-state index contributed by atoms with van der Waals surface area (Å²) in [6.45, 7) is 3.76. The quantitative estimate of drug-likeness (QED) is 0.606. The van der Waals surface area contributed by atoms with Crippen LogP contribution in [0.1, 0.15) is 11.1 Å². The Hall–Kier alpha value is -3.52. The van der Waals surface area contributed by atoms with Crippen molar-refractivity contribution in [2.24, 2.45) is 0 Å². The highest BCUT2D eigenvalue weighted by atomic mass is 32.2. The van der Waals surface area contributed by atoms with Gasteiger partial charge in [-0.2, -0.15) is 0 Å². The Kier molecular flexibility index (Phi) is 5.56. The Morgan fingerprint density at radius 2 is 1.71 bits per heavy atom. The number of ether oxygens (including phenoxy) is 2. The first-order valence-corrected chi connectivity index (χ1v) is 11.2. The van der Waals surface area contributed by atoms with E-state index in [1.165, 1.54) is 0 Å². The van der Waals surface area contributed by atoms with Crippen LogP contribution in [0.4, 0.5) is 11.4 Å². The van der Waals surface area contributed by atoms with Crippen molar-refractivity contribution in [2.45, 2.75) is 23.6 Å². The summed E-state index contributed by atoms with van der Waals surface area (Å²) >= 11 is 0. The van der Waals surface area contributed by atoms with Crippen LogP contribution in [0, 0.1) is 13.8 Å². The van der Waals surface area contributed by atoms with Gasteiger partial charge in [-0.05, 0) is 55.8 Å². The molecule has 1 aliphatic rings. The number of anilines is 2. The molecule has 0 aromatic heterocycles. The molecule has 0 unspecified atom stereocenters. The lowest BCUT2D eigenvalue weighted by Gasteiger charge is -2.14. The number of fused-ring (bicyclic) bond motifs is 1. The third kappa shape index (κ3) is 4.34. The number of benzene rings is 3. The van der Waals surface area contributed by atoms with Crippen LogP contribution >= 0.6 is 0 Å². The molecule has 0 saturated heterocycles. The maximum Gasteiger partial charge on any atom is 0.243 e. The molecule has 1 amide bonds. The molecule has 3 aromatic rings. The Bertz CT molecular complexity index is 1240. The normalized spacial score (nSPS) is 12.5. The van der Waals surface area contributed by atoms with E-state index in [0.29, 0.717) is 28.4 Å². The van der Waals surface area contributed by atoms with E-state index in [-0.39, 0.29) is 29.0 Å². The molecule has 0 spiro atoms. The summed E-state index contributed by atoms with van der Waals surface area (Å²) in [6, 6.07) is 16.9. The minimum atomic E-state index is -3.67. The van der Waals surface area contributed by atoms with Gasteiger partial charge in [-0.1, -0.05) is 23.8 Å². The maximum atomic E-state index is 13.1. The van der Waals surface area contributed by atoms with Crippen LogP contribution in [0.2, 0.25) is 0 Å². The molecule has 0 bridgehead atoms. The molecule has 31 heavy (non-hydrogen) atoms. The number of carbonyl (C=O) groups excluding carboxylic acids is 1. The smallest absolute Gasteiger partial charge is 0.243 e. The zero-order valence-corrected chi connectivity index (χ0v) is 18.0. The molecule has 160 valence electrons. The standard InChI is InChI=1S/C23H22N2O5S/c1-15-6-9-18(10-7-15)31(27,28)22-5-3-4-19(16(22)2)24-13-23(26)25-17-8-11-20-21(12-17)30-14-29-20/h3-12,24H,13-14H2,1-2H3,(H,25,26). The van der Waals surface area contributed by atoms with Gasteiger partial charge in [0.1, 0.15) is 0 Å². The van der Waals surface area contributed by atoms with Gasteiger partial charge in [0.25, 0.3) is 0 Å². The lowest BCUT2D eigenvalue weighted by molar-refractivity contribution is -0.114. The van der Waals surface area contributed by atoms with Gasteiger partial charge in [-0.25, -0.2) is 8.42 Å². The predicted octanol–water partition coefficient (Wildman–Crippen LogP) is 3.92. The molecule has 2 N–H and O–H groups in total. The molecule has 0 saturated carbocycles. The SMILES string of the molecule is Cc1ccc(S(=O)(=O)c2cccc(NCC(=O)Nc3ccc4c(c3)OCO4)c2C)cc1. The molecule has 7 nitrogen and oxygen atoms in total. The highest BCUT2D eigenvalue weighted by Crippen LogP contribution is 2.34. The molecule has 0 atom stereocenters. The third-order valence-corrected chi connectivity index (χ3v) is 6.91. The van der Waals surface area contributed by atoms with Crippen LogP contribution in [-0.2, 0) is 14.6 Å². The van der Waals surface area contributed by atoms with Crippen molar-refractivity contribution in [2.75, 3.05) is 24.0 Å². The van der Waals surface area contributed by atoms with Crippen molar-refractivity contribution >= 4 is 27.1 Å². The second-order valence-electron chi connectivity index (χ2n) is 7.21. The second-order valence-corrected chi connectivity index (χ2v) is 9.13. The van der Waals surface area contributed by atoms with E-state index in [9.17, 15) is 13.2 Å². The summed E-state index contributed by atoms with van der Waals surface area (Å²) in [5, 5.41) is 5.81. The molecule has 4 rings (SSSR count). The van der Waals surface area contributed by atoms with E-state index in [0.717, 1.165) is 5.56 Å². The Morgan fingerprint density at radius 1 is 0.968 bits per heavy atom. The molecule has 3 aromatic carbocycles. The van der Waals surface area contributed by atoms with Crippen molar-refractivity contribution in [1.82, 2.24) is 0 Å². The van der Waals surface area contributed by atoms with Crippen LogP contribution in [0.5, 0.6) is 11.5 Å². The van der Waals surface area contributed by atoms with Crippen LogP contribution in [0.15, 0.2) is 70.5 Å². The van der Waals surface area contributed by atoms with Gasteiger partial charge in [-0.15, -0.1) is 0 Å². The fourth-order valence-corrected chi connectivity index (χ4v) is 4.82. The number of amides is 1. The van der Waals surface area contributed by atoms with Gasteiger partial charge in [-0.3, -0.25) is 4.79 Å². The average Bonchev–Trinajstić information content (AvgIpc) is 3.21. The van der Waals surface area contributed by atoms with Crippen molar-refractivity contribution in [1.29, 1.82) is 0 Å². The van der Waals surface area contributed by atoms with Crippen LogP contribution in [-0.4, -0.2) is 27.7 Å². The second kappa shape index (κ2) is 8.31. The molecule has 1 heterocycles. The predicted molar refractivity (Wildman–Crippen MR) is 117 cm³/mol. The molecular formula is C23H22N2O5S. The van der Waals surface area contributed by atoms with Crippen molar-refractivity contribution in [3.05, 3.63) is 71.8 Å². The highest BCUT2D eigenvalue weighted by molar-refractivity contribution is 7.91. The van der Waals surface area contributed by atoms with E-state index >= 15 is 0 Å². The molecule has 1 aliphatic heterocycles. The number of hydrogen-bond donors (Lipinski definition) is 2. The number of carbonyl (C=O) groups is 1. The fraction of sp³-hybridized carbons (Fsp3) is 0.174. The van der Waals surface area contributed by atoms with Crippen molar-refractivity contribution < 1.29 is 22.7 Å². The fourth-order valence-electron chi connectivity index (χ4n) is 3.30. The van der Waals surface area contributed by atoms with Crippen molar-refractivity contribution in [3.8, 4) is 11.5 Å². The number of rotatable bonds is 6. The van der Waals surface area contributed by atoms with Crippen LogP contribution in [0.3, 0.4) is 0 Å². The zero-order valence-electron chi connectivity index (χ0n) is 17.1. The summed E-state index contributed by atoms with van der Waals surface area (Å²) in [6.07, 6.45) is 0. The first kappa shape index (κ1) is 20.7. The third-order valence-electron chi connectivity index (χ3n) is 5.00. The maximum absolute atomic E-state index is 13.1. The summed E-state index contributed by atoms with van der Waals surface area (Å²) in [5.41, 5.74) is 2.70.